The molecule has 1 aromatic carbocycles. The molecule has 1 aliphatic heterocycles. The van der Waals surface area contributed by atoms with E-state index in [4.69, 9.17) is 4.52 Å². The fraction of sp³-hybridized carbons (Fsp3) is 0.444. The maximum absolute atomic E-state index is 5.45. The van der Waals surface area contributed by atoms with Crippen LogP contribution in [0.4, 0.5) is 11.8 Å². The van der Waals surface area contributed by atoms with Crippen LogP contribution in [-0.2, 0) is 0 Å². The summed E-state index contributed by atoms with van der Waals surface area (Å²) in [6.45, 7) is 3.93. The first-order valence-corrected chi connectivity index (χ1v) is 8.59. The first-order chi connectivity index (χ1) is 12.1. The largest absolute Gasteiger partial charge is 0.356 e. The van der Waals surface area contributed by atoms with Crippen LogP contribution in [0.25, 0.3) is 10.9 Å². The molecular weight excluding hydrogens is 316 g/mol. The van der Waals surface area contributed by atoms with E-state index in [1.807, 2.05) is 19.0 Å². The van der Waals surface area contributed by atoms with Gasteiger partial charge in [0.25, 0.3) is 5.95 Å². The number of hydrogen-bond donors (Lipinski definition) is 0. The molecule has 0 unspecified atom stereocenters. The average molecular weight is 338 g/mol. The molecule has 0 atom stereocenters. The van der Waals surface area contributed by atoms with E-state index in [0.717, 1.165) is 48.5 Å². The molecule has 7 nitrogen and oxygen atoms in total. The van der Waals surface area contributed by atoms with E-state index >= 15 is 0 Å². The minimum absolute atomic E-state index is 0.312. The normalized spacial score (nSPS) is 15.7. The molecule has 0 bridgehead atoms. The predicted octanol–water partition coefficient (Wildman–Crippen LogP) is 2.77. The second-order valence-corrected chi connectivity index (χ2v) is 6.76. The molecule has 0 radical (unpaired) electrons. The van der Waals surface area contributed by atoms with Crippen molar-refractivity contribution < 1.29 is 4.52 Å². The Balaban J connectivity index is 1.53. The van der Waals surface area contributed by atoms with Crippen LogP contribution in [0.3, 0.4) is 0 Å². The van der Waals surface area contributed by atoms with Crippen molar-refractivity contribution in [1.82, 2.24) is 20.1 Å². The van der Waals surface area contributed by atoms with E-state index in [2.05, 4.69) is 50.1 Å². The van der Waals surface area contributed by atoms with Crippen LogP contribution in [0.1, 0.15) is 30.2 Å². The second kappa shape index (κ2) is 6.31. The molecule has 0 saturated carbocycles. The van der Waals surface area contributed by atoms with E-state index in [0.29, 0.717) is 11.9 Å². The Morgan fingerprint density at radius 3 is 2.68 bits per heavy atom. The smallest absolute Gasteiger partial charge is 0.265 e. The van der Waals surface area contributed by atoms with Gasteiger partial charge in [0, 0.05) is 38.5 Å². The summed E-state index contributed by atoms with van der Waals surface area (Å²) in [4.78, 5) is 17.7. The van der Waals surface area contributed by atoms with Gasteiger partial charge in [-0.05, 0) is 36.6 Å². The Kier molecular flexibility index (Phi) is 3.99. The van der Waals surface area contributed by atoms with Crippen molar-refractivity contribution in [1.29, 1.82) is 0 Å². The van der Waals surface area contributed by atoms with Gasteiger partial charge in [0.05, 0.1) is 5.52 Å². The van der Waals surface area contributed by atoms with Gasteiger partial charge in [-0.1, -0.05) is 12.1 Å². The van der Waals surface area contributed by atoms with Gasteiger partial charge < -0.3 is 14.3 Å². The third kappa shape index (κ3) is 2.90. The molecular formula is C18H22N6O. The van der Waals surface area contributed by atoms with Gasteiger partial charge >= 0.3 is 0 Å². The van der Waals surface area contributed by atoms with E-state index in [9.17, 15) is 0 Å². The summed E-state index contributed by atoms with van der Waals surface area (Å²) in [6, 6.07) is 6.26. The van der Waals surface area contributed by atoms with Gasteiger partial charge in [-0.3, -0.25) is 0 Å². The third-order valence-electron chi connectivity index (χ3n) is 4.82. The topological polar surface area (TPSA) is 71.2 Å². The fourth-order valence-corrected chi connectivity index (χ4v) is 3.39. The number of hydrogen-bond acceptors (Lipinski definition) is 7. The Hall–Kier alpha value is -2.70. The molecule has 3 aromatic rings. The highest BCUT2D eigenvalue weighted by Gasteiger charge is 2.27. The molecule has 0 N–H and O–H groups in total. The Morgan fingerprint density at radius 2 is 1.96 bits per heavy atom. The van der Waals surface area contributed by atoms with Gasteiger partial charge in [0.15, 0.2) is 0 Å². The standard InChI is InChI=1S/C18H22N6O/c1-12-5-4-6-14-15(12)19-11-20-16(14)24-9-7-13(8-10-24)17-21-18(22-25-17)23(2)3/h4-6,11,13H,7-10H2,1-3H3. The number of aromatic nitrogens is 4. The van der Waals surface area contributed by atoms with Crippen molar-refractivity contribution in [2.75, 3.05) is 37.0 Å². The van der Waals surface area contributed by atoms with E-state index in [1.54, 1.807) is 6.33 Å². The number of rotatable bonds is 3. The second-order valence-electron chi connectivity index (χ2n) is 6.76. The maximum Gasteiger partial charge on any atom is 0.265 e. The lowest BCUT2D eigenvalue weighted by Crippen LogP contribution is -2.33. The molecule has 0 amide bonds. The molecule has 0 aliphatic carbocycles. The van der Waals surface area contributed by atoms with E-state index < -0.39 is 0 Å². The van der Waals surface area contributed by atoms with Crippen LogP contribution < -0.4 is 9.80 Å². The predicted molar refractivity (Wildman–Crippen MR) is 97.1 cm³/mol. The average Bonchev–Trinajstić information content (AvgIpc) is 3.12. The van der Waals surface area contributed by atoms with Crippen LogP contribution in [0.5, 0.6) is 0 Å². The number of benzene rings is 1. The number of fused-ring (bicyclic) bond motifs is 1. The summed E-state index contributed by atoms with van der Waals surface area (Å²) in [6.07, 6.45) is 3.62. The highest BCUT2D eigenvalue weighted by Crippen LogP contribution is 2.32. The van der Waals surface area contributed by atoms with Crippen LogP contribution in [-0.4, -0.2) is 47.3 Å². The summed E-state index contributed by atoms with van der Waals surface area (Å²) < 4.78 is 5.45. The molecule has 7 heteroatoms. The molecule has 1 aliphatic rings. The van der Waals surface area contributed by atoms with Crippen molar-refractivity contribution in [3.63, 3.8) is 0 Å². The Labute approximate surface area is 146 Å². The molecule has 3 heterocycles. The van der Waals surface area contributed by atoms with Crippen molar-refractivity contribution in [2.24, 2.45) is 0 Å². The summed E-state index contributed by atoms with van der Waals surface area (Å²) in [5.41, 5.74) is 2.21. The monoisotopic (exact) mass is 338 g/mol. The van der Waals surface area contributed by atoms with Crippen LogP contribution in [0.15, 0.2) is 29.0 Å². The lowest BCUT2D eigenvalue weighted by atomic mass is 9.96. The van der Waals surface area contributed by atoms with E-state index in [1.165, 1.54) is 5.56 Å². The summed E-state index contributed by atoms with van der Waals surface area (Å²) >= 11 is 0. The van der Waals surface area contributed by atoms with Gasteiger partial charge in [0.1, 0.15) is 12.1 Å². The Morgan fingerprint density at radius 1 is 1.16 bits per heavy atom. The van der Waals surface area contributed by atoms with Gasteiger partial charge in [-0.15, -0.1) is 0 Å². The quantitative estimate of drug-likeness (QED) is 0.727. The van der Waals surface area contributed by atoms with Gasteiger partial charge in [0.2, 0.25) is 5.89 Å². The number of aryl methyl sites for hydroxylation is 1. The zero-order valence-corrected chi connectivity index (χ0v) is 14.8. The summed E-state index contributed by atoms with van der Waals surface area (Å²) in [5, 5.41) is 5.14. The van der Waals surface area contributed by atoms with Crippen LogP contribution >= 0.6 is 0 Å². The first-order valence-electron chi connectivity index (χ1n) is 8.59. The lowest BCUT2D eigenvalue weighted by molar-refractivity contribution is 0.329. The van der Waals surface area contributed by atoms with Crippen LogP contribution in [0, 0.1) is 6.92 Å². The summed E-state index contributed by atoms with van der Waals surface area (Å²) in [7, 11) is 3.83. The molecule has 1 fully saturated rings. The molecule has 25 heavy (non-hydrogen) atoms. The highest BCUT2D eigenvalue weighted by atomic mass is 16.5. The minimum Gasteiger partial charge on any atom is -0.356 e. The zero-order chi connectivity index (χ0) is 17.4. The van der Waals surface area contributed by atoms with Crippen molar-refractivity contribution >= 4 is 22.7 Å². The van der Waals surface area contributed by atoms with Crippen molar-refractivity contribution in [3.05, 3.63) is 36.0 Å². The van der Waals surface area contributed by atoms with Crippen molar-refractivity contribution in [2.45, 2.75) is 25.7 Å². The first kappa shape index (κ1) is 15.8. The molecule has 0 spiro atoms. The SMILES string of the molecule is Cc1cccc2c(N3CCC(c4nc(N(C)C)no4)CC3)ncnc12. The fourth-order valence-electron chi connectivity index (χ4n) is 3.39. The number of piperidine rings is 1. The minimum atomic E-state index is 0.312. The number of nitrogens with zero attached hydrogens (tertiary/aromatic N) is 6. The molecule has 1 saturated heterocycles. The lowest BCUT2D eigenvalue weighted by Gasteiger charge is -2.31. The maximum atomic E-state index is 5.45. The van der Waals surface area contributed by atoms with Gasteiger partial charge in [-0.25, -0.2) is 9.97 Å². The highest BCUT2D eigenvalue weighted by molar-refractivity contribution is 5.91. The summed E-state index contributed by atoms with van der Waals surface area (Å²) in [5.74, 6) is 2.71. The van der Waals surface area contributed by atoms with Crippen molar-refractivity contribution in [3.8, 4) is 0 Å². The number of para-hydroxylation sites is 1. The zero-order valence-electron chi connectivity index (χ0n) is 14.8. The van der Waals surface area contributed by atoms with Crippen LogP contribution in [0.2, 0.25) is 0 Å². The molecule has 4 rings (SSSR count). The van der Waals surface area contributed by atoms with E-state index in [-0.39, 0.29) is 0 Å². The molecule has 2 aromatic heterocycles. The van der Waals surface area contributed by atoms with Gasteiger partial charge in [-0.2, -0.15) is 4.98 Å². The Bertz CT molecular complexity index is 882. The molecule has 130 valence electrons. The third-order valence-corrected chi connectivity index (χ3v) is 4.82. The number of anilines is 2.